The number of carbonyl (C=O) groups excluding carboxylic acids is 1. The number of halogens is 3. The highest BCUT2D eigenvalue weighted by molar-refractivity contribution is 7.98. The molecule has 3 aromatic heterocycles. The van der Waals surface area contributed by atoms with Gasteiger partial charge in [0.15, 0.2) is 5.82 Å². The number of nitrogens with one attached hydrogen (secondary N) is 2. The van der Waals surface area contributed by atoms with Gasteiger partial charge in [0.05, 0.1) is 17.6 Å². The SMILES string of the molecule is CC.CC1(C)CC2CCCCNc3ccc(cn3)SNC(=O)c3ccc(-n4ccc(OCCC5(C(F)(F)F)CC5)n4)nc3N1C2. The molecular formula is C32H42F3N7O2S. The zero-order valence-corrected chi connectivity index (χ0v) is 27.1. The van der Waals surface area contributed by atoms with Gasteiger partial charge >= 0.3 is 6.18 Å². The molecule has 3 aliphatic heterocycles. The van der Waals surface area contributed by atoms with Crippen molar-refractivity contribution in [3.05, 3.63) is 48.3 Å². The van der Waals surface area contributed by atoms with Crippen molar-refractivity contribution in [1.29, 1.82) is 0 Å². The van der Waals surface area contributed by atoms with Crippen LogP contribution in [0.2, 0.25) is 0 Å². The van der Waals surface area contributed by atoms with Crippen molar-refractivity contribution in [2.75, 3.05) is 29.9 Å². The number of amides is 1. The molecule has 3 aromatic rings. The fraction of sp³-hybridized carbons (Fsp3) is 0.562. The quantitative estimate of drug-likeness (QED) is 0.277. The first-order chi connectivity index (χ1) is 21.5. The van der Waals surface area contributed by atoms with E-state index in [1.807, 2.05) is 26.0 Å². The van der Waals surface area contributed by atoms with Crippen LogP contribution in [0, 0.1) is 11.3 Å². The van der Waals surface area contributed by atoms with Crippen LogP contribution in [0.3, 0.4) is 0 Å². The fourth-order valence-electron chi connectivity index (χ4n) is 6.07. The van der Waals surface area contributed by atoms with Gasteiger partial charge in [-0.15, -0.1) is 5.10 Å². The minimum Gasteiger partial charge on any atom is -0.477 e. The van der Waals surface area contributed by atoms with Crippen molar-refractivity contribution < 1.29 is 22.7 Å². The van der Waals surface area contributed by atoms with Crippen LogP contribution in [0.25, 0.3) is 5.82 Å². The molecule has 4 aliphatic rings. The molecule has 1 atom stereocenters. The molecule has 13 heteroatoms. The summed E-state index contributed by atoms with van der Waals surface area (Å²) < 4.78 is 49.9. The Morgan fingerprint density at radius 1 is 1.11 bits per heavy atom. The van der Waals surface area contributed by atoms with Crippen molar-refractivity contribution in [3.8, 4) is 11.7 Å². The van der Waals surface area contributed by atoms with Gasteiger partial charge in [-0.3, -0.25) is 9.52 Å². The van der Waals surface area contributed by atoms with E-state index in [0.717, 1.165) is 49.5 Å². The smallest absolute Gasteiger partial charge is 0.394 e. The summed E-state index contributed by atoms with van der Waals surface area (Å²) in [4.78, 5) is 25.9. The summed E-state index contributed by atoms with van der Waals surface area (Å²) in [6.07, 6.45) is 3.55. The maximum Gasteiger partial charge on any atom is 0.394 e. The predicted octanol–water partition coefficient (Wildman–Crippen LogP) is 7.44. The van der Waals surface area contributed by atoms with Gasteiger partial charge in [-0.25, -0.2) is 14.6 Å². The number of ether oxygens (including phenoxy) is 1. The normalized spacial score (nSPS) is 20.6. The Morgan fingerprint density at radius 3 is 2.62 bits per heavy atom. The van der Waals surface area contributed by atoms with Crippen LogP contribution in [0.15, 0.2) is 47.6 Å². The van der Waals surface area contributed by atoms with Gasteiger partial charge in [-0.2, -0.15) is 13.2 Å². The molecule has 0 aromatic carbocycles. The van der Waals surface area contributed by atoms with Crippen LogP contribution in [-0.4, -0.2) is 57.1 Å². The largest absolute Gasteiger partial charge is 0.477 e. The summed E-state index contributed by atoms with van der Waals surface area (Å²) in [6.45, 7) is 9.92. The lowest BCUT2D eigenvalue weighted by Crippen LogP contribution is -2.40. The highest BCUT2D eigenvalue weighted by atomic mass is 32.2. The number of carbonyl (C=O) groups is 1. The highest BCUT2D eigenvalue weighted by Crippen LogP contribution is 2.59. The van der Waals surface area contributed by atoms with Gasteiger partial charge in [0.25, 0.3) is 5.91 Å². The topological polar surface area (TPSA) is 97.2 Å². The molecule has 244 valence electrons. The molecule has 1 unspecified atom stereocenters. The van der Waals surface area contributed by atoms with Gasteiger partial charge < -0.3 is 15.0 Å². The first-order valence-electron chi connectivity index (χ1n) is 15.7. The number of pyridine rings is 2. The molecular weight excluding hydrogens is 603 g/mol. The lowest BCUT2D eigenvalue weighted by atomic mass is 9.93. The van der Waals surface area contributed by atoms with E-state index < -0.39 is 11.6 Å². The predicted molar refractivity (Wildman–Crippen MR) is 170 cm³/mol. The third kappa shape index (κ3) is 7.50. The highest BCUT2D eigenvalue weighted by Gasteiger charge is 2.62. The molecule has 6 heterocycles. The minimum atomic E-state index is -4.21. The molecule has 4 bridgehead atoms. The number of rotatable bonds is 5. The first-order valence-corrected chi connectivity index (χ1v) is 16.6. The van der Waals surface area contributed by atoms with Crippen LogP contribution in [0.4, 0.5) is 24.8 Å². The van der Waals surface area contributed by atoms with Gasteiger partial charge in [0.2, 0.25) is 5.88 Å². The number of nitrogens with zero attached hydrogens (tertiary/aromatic N) is 5. The van der Waals surface area contributed by atoms with Crippen molar-refractivity contribution in [2.45, 2.75) is 89.3 Å². The lowest BCUT2D eigenvalue weighted by molar-refractivity contribution is -0.190. The summed E-state index contributed by atoms with van der Waals surface area (Å²) in [5.41, 5.74) is -1.39. The second-order valence-corrected chi connectivity index (χ2v) is 13.2. The zero-order valence-electron chi connectivity index (χ0n) is 26.3. The van der Waals surface area contributed by atoms with E-state index in [0.29, 0.717) is 23.1 Å². The standard InChI is InChI=1S/C30H36F3N7O2S.C2H6/c1-28(2)17-20-5-3-4-14-34-23-8-6-21(18-35-23)43-38-27(41)22-7-9-24(36-26(22)39(28)19-20)40-15-10-25(37-40)42-16-13-29(11-12-29)30(31,32)33;1-2/h6-10,15,18,20H,3-5,11-14,16-17,19H2,1-2H3,(H,34,35)(H,38,41);1-2H3. The zero-order chi connectivity index (χ0) is 32.2. The van der Waals surface area contributed by atoms with Gasteiger partial charge in [0.1, 0.15) is 11.6 Å². The van der Waals surface area contributed by atoms with Crippen molar-refractivity contribution >= 4 is 29.5 Å². The molecule has 1 aliphatic carbocycles. The van der Waals surface area contributed by atoms with Crippen LogP contribution >= 0.6 is 11.9 Å². The van der Waals surface area contributed by atoms with Crippen LogP contribution < -0.4 is 19.7 Å². The maximum atomic E-state index is 13.5. The van der Waals surface area contributed by atoms with E-state index in [4.69, 9.17) is 9.72 Å². The molecule has 1 amide bonds. The van der Waals surface area contributed by atoms with Gasteiger partial charge in [-0.1, -0.05) is 20.3 Å². The first kappa shape index (κ1) is 32.9. The molecule has 2 fully saturated rings. The van der Waals surface area contributed by atoms with Gasteiger partial charge in [-0.05, 0) is 94.5 Å². The van der Waals surface area contributed by atoms with Crippen molar-refractivity contribution in [3.63, 3.8) is 0 Å². The maximum absolute atomic E-state index is 13.5. The second kappa shape index (κ2) is 13.5. The summed E-state index contributed by atoms with van der Waals surface area (Å²) in [7, 11) is 0. The number of fused-ring (bicyclic) bond motifs is 8. The molecule has 7 rings (SSSR count). The van der Waals surface area contributed by atoms with Crippen LogP contribution in [-0.2, 0) is 0 Å². The van der Waals surface area contributed by atoms with Crippen molar-refractivity contribution in [1.82, 2.24) is 24.5 Å². The summed E-state index contributed by atoms with van der Waals surface area (Å²) in [5, 5.41) is 7.79. The molecule has 0 spiro atoms. The van der Waals surface area contributed by atoms with Gasteiger partial charge in [0, 0.05) is 42.0 Å². The minimum absolute atomic E-state index is 0.0658. The molecule has 2 N–H and O–H groups in total. The Balaban J connectivity index is 0.00000196. The summed E-state index contributed by atoms with van der Waals surface area (Å²) in [6, 6.07) is 8.90. The van der Waals surface area contributed by atoms with E-state index in [1.165, 1.54) is 16.6 Å². The number of aromatic nitrogens is 4. The van der Waals surface area contributed by atoms with E-state index in [1.54, 1.807) is 30.6 Å². The average Bonchev–Trinajstić information content (AvgIpc) is 3.57. The summed E-state index contributed by atoms with van der Waals surface area (Å²) >= 11 is 1.20. The second-order valence-electron chi connectivity index (χ2n) is 12.3. The Bertz CT molecular complexity index is 1460. The number of alkyl halides is 3. The Kier molecular flexibility index (Phi) is 9.85. The third-order valence-corrected chi connectivity index (χ3v) is 9.51. The molecule has 45 heavy (non-hydrogen) atoms. The number of hydrogen-bond donors (Lipinski definition) is 2. The summed E-state index contributed by atoms with van der Waals surface area (Å²) in [5.74, 6) is 2.28. The van der Waals surface area contributed by atoms with E-state index in [9.17, 15) is 18.0 Å². The van der Waals surface area contributed by atoms with Crippen LogP contribution in [0.1, 0.15) is 83.0 Å². The molecule has 1 saturated heterocycles. The Morgan fingerprint density at radius 2 is 1.91 bits per heavy atom. The number of anilines is 2. The molecule has 1 saturated carbocycles. The fourth-order valence-corrected chi connectivity index (χ4v) is 6.63. The lowest BCUT2D eigenvalue weighted by Gasteiger charge is -2.34. The van der Waals surface area contributed by atoms with E-state index >= 15 is 0 Å². The average molecular weight is 646 g/mol. The Hall–Kier alpha value is -3.48. The molecule has 9 nitrogen and oxygen atoms in total. The Labute approximate surface area is 266 Å². The third-order valence-electron chi connectivity index (χ3n) is 8.75. The van der Waals surface area contributed by atoms with Crippen LogP contribution in [0.5, 0.6) is 5.88 Å². The van der Waals surface area contributed by atoms with E-state index in [2.05, 4.69) is 38.9 Å². The van der Waals surface area contributed by atoms with Crippen molar-refractivity contribution in [2.24, 2.45) is 11.3 Å². The number of hydrogen-bond acceptors (Lipinski definition) is 8. The molecule has 0 radical (unpaired) electrons. The monoisotopic (exact) mass is 645 g/mol. The van der Waals surface area contributed by atoms with E-state index in [-0.39, 0.29) is 43.2 Å².